The molecule has 0 bridgehead atoms. The lowest BCUT2D eigenvalue weighted by Gasteiger charge is -2.28. The third-order valence-corrected chi connectivity index (χ3v) is 5.82. The molecule has 2 atom stereocenters. The van der Waals surface area contributed by atoms with Crippen molar-refractivity contribution in [1.29, 1.82) is 0 Å². The topological polar surface area (TPSA) is 43.3 Å². The summed E-state index contributed by atoms with van der Waals surface area (Å²) in [6.45, 7) is 3.37. The highest BCUT2D eigenvalue weighted by Crippen LogP contribution is 2.30. The minimum Gasteiger partial charge on any atom is -0.376 e. The summed E-state index contributed by atoms with van der Waals surface area (Å²) in [4.78, 5) is 12.6. The molecular weight excluding hydrogens is 368 g/mol. The Morgan fingerprint density at radius 1 is 1.33 bits per heavy atom. The lowest BCUT2D eigenvalue weighted by atomic mass is 9.88. The largest absolute Gasteiger partial charge is 0.376 e. The third-order valence-electron chi connectivity index (χ3n) is 5.01. The number of aryl methyl sites for hydroxylation is 1. The first-order chi connectivity index (χ1) is 11.6. The van der Waals surface area contributed by atoms with Gasteiger partial charge in [-0.15, -0.1) is 0 Å². The van der Waals surface area contributed by atoms with Gasteiger partial charge in [-0.1, -0.05) is 38.0 Å². The molecule has 1 aromatic carbocycles. The van der Waals surface area contributed by atoms with Gasteiger partial charge in [-0.2, -0.15) is 0 Å². The molecule has 1 fully saturated rings. The highest BCUT2D eigenvalue weighted by atomic mass is 79.9. The zero-order chi connectivity index (χ0) is 17.1. The molecule has 1 aliphatic rings. The molecular formula is C19H25BrN2O2. The van der Waals surface area contributed by atoms with E-state index in [1.165, 1.54) is 19.3 Å². The van der Waals surface area contributed by atoms with Crippen LogP contribution >= 0.6 is 15.9 Å². The molecule has 4 nitrogen and oxygen atoms in total. The molecule has 24 heavy (non-hydrogen) atoms. The molecule has 0 aliphatic heterocycles. The van der Waals surface area contributed by atoms with E-state index in [1.54, 1.807) is 0 Å². The molecule has 1 amide bonds. The zero-order valence-corrected chi connectivity index (χ0v) is 15.9. The van der Waals surface area contributed by atoms with Gasteiger partial charge in [0.15, 0.2) is 0 Å². The van der Waals surface area contributed by atoms with Gasteiger partial charge in [-0.25, -0.2) is 0 Å². The lowest BCUT2D eigenvalue weighted by Crippen LogP contribution is -2.32. The van der Waals surface area contributed by atoms with Crippen molar-refractivity contribution in [2.45, 2.75) is 38.7 Å². The molecule has 0 radical (unpaired) electrons. The van der Waals surface area contributed by atoms with Crippen molar-refractivity contribution >= 4 is 32.7 Å². The average Bonchev–Trinajstić information content (AvgIpc) is 2.84. The van der Waals surface area contributed by atoms with Gasteiger partial charge in [-0.05, 0) is 40.8 Å². The molecule has 2 aromatic rings. The first-order valence-electron chi connectivity index (χ1n) is 8.72. The maximum absolute atomic E-state index is 12.6. The number of carbonyl (C=O) groups excluding carboxylic acids is 1. The van der Waals surface area contributed by atoms with Crippen molar-refractivity contribution in [3.63, 3.8) is 0 Å². The summed E-state index contributed by atoms with van der Waals surface area (Å²) in [5, 5.41) is 4.03. The second-order valence-corrected chi connectivity index (χ2v) is 7.46. The molecule has 1 aromatic heterocycles. The van der Waals surface area contributed by atoms with E-state index in [-0.39, 0.29) is 5.91 Å². The van der Waals surface area contributed by atoms with Crippen LogP contribution in [0.5, 0.6) is 0 Å². The number of aromatic nitrogens is 1. The normalized spacial score (nSPS) is 21.1. The highest BCUT2D eigenvalue weighted by molar-refractivity contribution is 9.10. The molecule has 1 heterocycles. The summed E-state index contributed by atoms with van der Waals surface area (Å²) in [5.41, 5.74) is 1.70. The maximum atomic E-state index is 12.6. The van der Waals surface area contributed by atoms with E-state index in [0.717, 1.165) is 21.8 Å². The Morgan fingerprint density at radius 3 is 2.83 bits per heavy atom. The zero-order valence-electron chi connectivity index (χ0n) is 14.3. The number of benzene rings is 1. The fraction of sp³-hybridized carbons (Fsp3) is 0.526. The fourth-order valence-corrected chi connectivity index (χ4v) is 4.37. The standard InChI is InChI=1S/C19H25BrN2O2/c1-13-7-3-6-10-16(13)24-12-11-21-19(23)18-17(20)14-8-4-5-9-15(14)22(18)2/h4-5,8-9,13,16H,3,6-7,10-12H2,1-2H3,(H,21,23)/t13-,16-/m1/s1. The predicted octanol–water partition coefficient (Wildman–Crippen LogP) is 4.27. The number of nitrogens with one attached hydrogen (secondary N) is 1. The van der Waals surface area contributed by atoms with Crippen LogP contribution in [0.4, 0.5) is 0 Å². The van der Waals surface area contributed by atoms with Crippen LogP contribution in [0.1, 0.15) is 43.1 Å². The van der Waals surface area contributed by atoms with Crippen molar-refractivity contribution in [3.8, 4) is 0 Å². The quantitative estimate of drug-likeness (QED) is 0.772. The first kappa shape index (κ1) is 17.5. The van der Waals surface area contributed by atoms with E-state index >= 15 is 0 Å². The third kappa shape index (κ3) is 3.52. The van der Waals surface area contributed by atoms with Gasteiger partial charge < -0.3 is 14.6 Å². The molecule has 1 aliphatic carbocycles. The SMILES string of the molecule is C[C@@H]1CCCC[C@H]1OCCNC(=O)c1c(Br)c2ccccc2n1C. The number of para-hydroxylation sites is 1. The van der Waals surface area contributed by atoms with Crippen molar-refractivity contribution in [2.75, 3.05) is 13.2 Å². The predicted molar refractivity (Wildman–Crippen MR) is 100 cm³/mol. The molecule has 3 rings (SSSR count). The summed E-state index contributed by atoms with van der Waals surface area (Å²) in [5.74, 6) is 0.558. The van der Waals surface area contributed by atoms with Gasteiger partial charge in [0.05, 0.1) is 17.2 Å². The van der Waals surface area contributed by atoms with Gasteiger partial charge in [0.2, 0.25) is 0 Å². The second-order valence-electron chi connectivity index (χ2n) is 6.67. The Bertz CT molecular complexity index is 686. The van der Waals surface area contributed by atoms with Crippen molar-refractivity contribution in [2.24, 2.45) is 13.0 Å². The van der Waals surface area contributed by atoms with E-state index in [9.17, 15) is 4.79 Å². The smallest absolute Gasteiger partial charge is 0.269 e. The number of rotatable bonds is 5. The van der Waals surface area contributed by atoms with Crippen LogP contribution in [0.15, 0.2) is 28.7 Å². The van der Waals surface area contributed by atoms with Crippen LogP contribution in [0, 0.1) is 5.92 Å². The van der Waals surface area contributed by atoms with Gasteiger partial charge in [0, 0.05) is 24.5 Å². The number of carbonyl (C=O) groups is 1. The highest BCUT2D eigenvalue weighted by Gasteiger charge is 2.22. The van der Waals surface area contributed by atoms with E-state index in [2.05, 4.69) is 28.2 Å². The molecule has 1 saturated carbocycles. The minimum atomic E-state index is -0.0686. The minimum absolute atomic E-state index is 0.0686. The Kier molecular flexibility index (Phi) is 5.61. The molecule has 0 spiro atoms. The number of fused-ring (bicyclic) bond motifs is 1. The van der Waals surface area contributed by atoms with Crippen LogP contribution in [0.25, 0.3) is 10.9 Å². The van der Waals surface area contributed by atoms with Gasteiger partial charge >= 0.3 is 0 Å². The Morgan fingerprint density at radius 2 is 2.08 bits per heavy atom. The summed E-state index contributed by atoms with van der Waals surface area (Å²) < 4.78 is 8.74. The van der Waals surface area contributed by atoms with Gasteiger partial charge in [0.1, 0.15) is 5.69 Å². The van der Waals surface area contributed by atoms with E-state index < -0.39 is 0 Å². The Hall–Kier alpha value is -1.33. The molecule has 1 N–H and O–H groups in total. The first-order valence-corrected chi connectivity index (χ1v) is 9.51. The second kappa shape index (κ2) is 7.70. The van der Waals surface area contributed by atoms with E-state index in [4.69, 9.17) is 4.74 Å². The van der Waals surface area contributed by atoms with Crippen LogP contribution in [-0.2, 0) is 11.8 Å². The van der Waals surface area contributed by atoms with Gasteiger partial charge in [0.25, 0.3) is 5.91 Å². The maximum Gasteiger partial charge on any atom is 0.269 e. The summed E-state index contributed by atoms with van der Waals surface area (Å²) >= 11 is 3.57. The average molecular weight is 393 g/mol. The summed E-state index contributed by atoms with van der Waals surface area (Å²) in [6.07, 6.45) is 5.31. The lowest BCUT2D eigenvalue weighted by molar-refractivity contribution is -0.00296. The molecule has 0 saturated heterocycles. The number of hydrogen-bond acceptors (Lipinski definition) is 2. The van der Waals surface area contributed by atoms with Crippen molar-refractivity contribution in [1.82, 2.24) is 9.88 Å². The summed E-state index contributed by atoms with van der Waals surface area (Å²) in [6, 6.07) is 8.00. The Labute approximate surface area is 151 Å². The van der Waals surface area contributed by atoms with Crippen molar-refractivity contribution in [3.05, 3.63) is 34.4 Å². The number of nitrogens with zero attached hydrogens (tertiary/aromatic N) is 1. The number of amides is 1. The van der Waals surface area contributed by atoms with Crippen LogP contribution in [0.3, 0.4) is 0 Å². The van der Waals surface area contributed by atoms with Crippen molar-refractivity contribution < 1.29 is 9.53 Å². The Balaban J connectivity index is 1.58. The molecule has 5 heteroatoms. The number of halogens is 1. The summed E-state index contributed by atoms with van der Waals surface area (Å²) in [7, 11) is 1.92. The molecule has 0 unspecified atom stereocenters. The van der Waals surface area contributed by atoms with Crippen LogP contribution in [0.2, 0.25) is 0 Å². The molecule has 130 valence electrons. The number of hydrogen-bond donors (Lipinski definition) is 1. The van der Waals surface area contributed by atoms with Gasteiger partial charge in [-0.3, -0.25) is 4.79 Å². The van der Waals surface area contributed by atoms with E-state index in [1.807, 2.05) is 35.9 Å². The number of ether oxygens (including phenoxy) is 1. The monoisotopic (exact) mass is 392 g/mol. The van der Waals surface area contributed by atoms with Crippen LogP contribution in [-0.4, -0.2) is 29.7 Å². The van der Waals surface area contributed by atoms with Crippen LogP contribution < -0.4 is 5.32 Å². The van der Waals surface area contributed by atoms with E-state index in [0.29, 0.717) is 30.9 Å². The fourth-order valence-electron chi connectivity index (χ4n) is 3.59.